The standard InChI is InChI=1S/C25H28N2O4S/c1-31-25(30)21-12-14-26(15-13-21)23(29)19-7-9-20(10-8-19)24-27(22(28)17-32-24)16-11-18-5-3-2-4-6-18/h2-10,21,24H,11-17H2,1H3/t24-/m1/s1. The number of carbonyl (C=O) groups is 3. The Labute approximate surface area is 192 Å². The molecule has 2 fully saturated rings. The van der Waals surface area contributed by atoms with E-state index in [9.17, 15) is 14.4 Å². The summed E-state index contributed by atoms with van der Waals surface area (Å²) in [5.41, 5.74) is 2.89. The van der Waals surface area contributed by atoms with Gasteiger partial charge in [-0.3, -0.25) is 14.4 Å². The molecule has 2 amide bonds. The van der Waals surface area contributed by atoms with Gasteiger partial charge in [-0.15, -0.1) is 11.8 Å². The van der Waals surface area contributed by atoms with Crippen LogP contribution in [0.15, 0.2) is 54.6 Å². The summed E-state index contributed by atoms with van der Waals surface area (Å²) >= 11 is 1.63. The lowest BCUT2D eigenvalue weighted by molar-refractivity contribution is -0.146. The number of thioether (sulfide) groups is 1. The summed E-state index contributed by atoms with van der Waals surface area (Å²) in [6.45, 7) is 1.79. The Morgan fingerprint density at radius 1 is 1.03 bits per heavy atom. The van der Waals surface area contributed by atoms with Crippen LogP contribution < -0.4 is 0 Å². The summed E-state index contributed by atoms with van der Waals surface area (Å²) in [7, 11) is 1.40. The SMILES string of the molecule is COC(=O)C1CCN(C(=O)c2ccc([C@H]3SCC(=O)N3CCc3ccccc3)cc2)CC1. The van der Waals surface area contributed by atoms with Crippen LogP contribution in [-0.2, 0) is 20.7 Å². The summed E-state index contributed by atoms with van der Waals surface area (Å²) in [4.78, 5) is 40.8. The summed E-state index contributed by atoms with van der Waals surface area (Å²) < 4.78 is 4.82. The minimum atomic E-state index is -0.193. The number of ether oxygens (including phenoxy) is 1. The highest BCUT2D eigenvalue weighted by molar-refractivity contribution is 8.00. The van der Waals surface area contributed by atoms with Crippen molar-refractivity contribution in [3.8, 4) is 0 Å². The molecule has 2 aliphatic rings. The van der Waals surface area contributed by atoms with Gasteiger partial charge in [-0.05, 0) is 42.5 Å². The number of piperidine rings is 1. The van der Waals surface area contributed by atoms with Gasteiger partial charge in [0.15, 0.2) is 0 Å². The number of hydrogen-bond donors (Lipinski definition) is 0. The molecule has 1 atom stereocenters. The molecule has 0 aliphatic carbocycles. The van der Waals surface area contributed by atoms with Gasteiger partial charge in [0.25, 0.3) is 5.91 Å². The fourth-order valence-electron chi connectivity index (χ4n) is 4.32. The van der Waals surface area contributed by atoms with Crippen LogP contribution in [0.5, 0.6) is 0 Å². The van der Waals surface area contributed by atoms with Gasteiger partial charge in [0.1, 0.15) is 5.37 Å². The zero-order chi connectivity index (χ0) is 22.5. The normalized spacial score (nSPS) is 19.3. The van der Waals surface area contributed by atoms with E-state index in [4.69, 9.17) is 4.74 Å². The highest BCUT2D eigenvalue weighted by Gasteiger charge is 2.33. The average Bonchev–Trinajstić information content (AvgIpc) is 3.22. The predicted octanol–water partition coefficient (Wildman–Crippen LogP) is 3.53. The lowest BCUT2D eigenvalue weighted by Crippen LogP contribution is -2.40. The summed E-state index contributed by atoms with van der Waals surface area (Å²) in [5, 5.41) is -0.0221. The van der Waals surface area contributed by atoms with E-state index in [1.165, 1.54) is 12.7 Å². The molecule has 0 aromatic heterocycles. The van der Waals surface area contributed by atoms with Crippen molar-refractivity contribution in [1.29, 1.82) is 0 Å². The molecule has 2 aliphatic heterocycles. The minimum absolute atomic E-state index is 0.0176. The van der Waals surface area contributed by atoms with E-state index in [1.54, 1.807) is 16.7 Å². The second kappa shape index (κ2) is 10.2. The number of methoxy groups -OCH3 is 1. The molecular formula is C25H28N2O4S. The van der Waals surface area contributed by atoms with Gasteiger partial charge in [0.2, 0.25) is 5.91 Å². The lowest BCUT2D eigenvalue weighted by atomic mass is 9.96. The van der Waals surface area contributed by atoms with Crippen LogP contribution in [0.4, 0.5) is 0 Å². The Balaban J connectivity index is 1.37. The first-order valence-electron chi connectivity index (χ1n) is 11.0. The van der Waals surface area contributed by atoms with Crippen LogP contribution in [-0.4, -0.2) is 60.1 Å². The number of hydrogen-bond acceptors (Lipinski definition) is 5. The quantitative estimate of drug-likeness (QED) is 0.628. The molecule has 168 valence electrons. The number of amides is 2. The second-order valence-corrected chi connectivity index (χ2v) is 9.27. The molecule has 0 saturated carbocycles. The third-order valence-corrected chi connectivity index (χ3v) is 7.47. The second-order valence-electron chi connectivity index (χ2n) is 8.20. The number of likely N-dealkylation sites (tertiary alicyclic amines) is 1. The highest BCUT2D eigenvalue weighted by atomic mass is 32.2. The molecular weight excluding hydrogens is 424 g/mol. The van der Waals surface area contributed by atoms with Gasteiger partial charge in [-0.1, -0.05) is 42.5 Å². The Bertz CT molecular complexity index is 956. The number of esters is 1. The van der Waals surface area contributed by atoms with E-state index >= 15 is 0 Å². The van der Waals surface area contributed by atoms with Crippen molar-refractivity contribution < 1.29 is 19.1 Å². The third kappa shape index (κ3) is 4.99. The number of rotatable bonds is 6. The van der Waals surface area contributed by atoms with E-state index in [2.05, 4.69) is 12.1 Å². The van der Waals surface area contributed by atoms with E-state index < -0.39 is 0 Å². The van der Waals surface area contributed by atoms with E-state index in [1.807, 2.05) is 47.4 Å². The molecule has 6 nitrogen and oxygen atoms in total. The smallest absolute Gasteiger partial charge is 0.308 e. The lowest BCUT2D eigenvalue weighted by Gasteiger charge is -2.31. The van der Waals surface area contributed by atoms with E-state index in [0.29, 0.717) is 43.8 Å². The van der Waals surface area contributed by atoms with Gasteiger partial charge >= 0.3 is 5.97 Å². The van der Waals surface area contributed by atoms with Crippen molar-refractivity contribution in [2.24, 2.45) is 5.92 Å². The predicted molar refractivity (Wildman–Crippen MR) is 124 cm³/mol. The molecule has 7 heteroatoms. The molecule has 2 aromatic rings. The first kappa shape index (κ1) is 22.4. The third-order valence-electron chi connectivity index (χ3n) is 6.21. The van der Waals surface area contributed by atoms with Gasteiger partial charge in [-0.2, -0.15) is 0 Å². The Morgan fingerprint density at radius 3 is 2.38 bits per heavy atom. The van der Waals surface area contributed by atoms with Crippen LogP contribution in [0.25, 0.3) is 0 Å². The zero-order valence-electron chi connectivity index (χ0n) is 18.2. The monoisotopic (exact) mass is 452 g/mol. The molecule has 0 spiro atoms. The summed E-state index contributed by atoms with van der Waals surface area (Å²) in [6.07, 6.45) is 2.09. The number of carbonyl (C=O) groups excluding carboxylic acids is 3. The fraction of sp³-hybridized carbons (Fsp3) is 0.400. The van der Waals surface area contributed by atoms with Crippen molar-refractivity contribution >= 4 is 29.5 Å². The molecule has 2 aromatic carbocycles. The van der Waals surface area contributed by atoms with Crippen LogP contribution in [0.3, 0.4) is 0 Å². The van der Waals surface area contributed by atoms with Gasteiger partial charge in [0, 0.05) is 25.2 Å². The van der Waals surface area contributed by atoms with Crippen LogP contribution >= 0.6 is 11.8 Å². The number of nitrogens with zero attached hydrogens (tertiary/aromatic N) is 2. The Morgan fingerprint density at radius 2 is 1.72 bits per heavy atom. The first-order valence-corrected chi connectivity index (χ1v) is 12.0. The maximum atomic E-state index is 12.9. The minimum Gasteiger partial charge on any atom is -0.469 e. The van der Waals surface area contributed by atoms with Crippen LogP contribution in [0.2, 0.25) is 0 Å². The van der Waals surface area contributed by atoms with Crippen molar-refractivity contribution in [3.63, 3.8) is 0 Å². The first-order chi connectivity index (χ1) is 15.6. The molecule has 32 heavy (non-hydrogen) atoms. The molecule has 2 saturated heterocycles. The maximum absolute atomic E-state index is 12.9. The largest absolute Gasteiger partial charge is 0.469 e. The fourth-order valence-corrected chi connectivity index (χ4v) is 5.54. The van der Waals surface area contributed by atoms with Gasteiger partial charge in [-0.25, -0.2) is 0 Å². The molecule has 0 radical (unpaired) electrons. The topological polar surface area (TPSA) is 66.9 Å². The van der Waals surface area contributed by atoms with E-state index in [-0.39, 0.29) is 29.1 Å². The number of benzene rings is 2. The Hall–Kier alpha value is -2.80. The van der Waals surface area contributed by atoms with Gasteiger partial charge < -0.3 is 14.5 Å². The van der Waals surface area contributed by atoms with Crippen molar-refractivity contribution in [2.75, 3.05) is 32.5 Å². The van der Waals surface area contributed by atoms with Crippen LogP contribution in [0.1, 0.15) is 39.7 Å². The zero-order valence-corrected chi connectivity index (χ0v) is 19.1. The molecule has 4 rings (SSSR count). The Kier molecular flexibility index (Phi) is 7.15. The molecule has 0 N–H and O–H groups in total. The van der Waals surface area contributed by atoms with Crippen LogP contribution in [0, 0.1) is 5.92 Å². The van der Waals surface area contributed by atoms with E-state index in [0.717, 1.165) is 12.0 Å². The highest BCUT2D eigenvalue weighted by Crippen LogP contribution is 2.38. The molecule has 0 bridgehead atoms. The van der Waals surface area contributed by atoms with Crippen molar-refractivity contribution in [3.05, 3.63) is 71.3 Å². The summed E-state index contributed by atoms with van der Waals surface area (Å²) in [5.74, 6) is 0.308. The summed E-state index contributed by atoms with van der Waals surface area (Å²) in [6, 6.07) is 17.8. The van der Waals surface area contributed by atoms with Crippen molar-refractivity contribution in [2.45, 2.75) is 24.6 Å². The molecule has 0 unspecified atom stereocenters. The maximum Gasteiger partial charge on any atom is 0.308 e. The molecule has 2 heterocycles. The van der Waals surface area contributed by atoms with Gasteiger partial charge in [0.05, 0.1) is 18.8 Å². The average molecular weight is 453 g/mol. The van der Waals surface area contributed by atoms with Crippen molar-refractivity contribution in [1.82, 2.24) is 9.80 Å².